The Hall–Kier alpha value is -2.41. The Balaban J connectivity index is 2.05. The fourth-order valence-electron chi connectivity index (χ4n) is 3.26. The second-order valence-electron chi connectivity index (χ2n) is 7.79. The van der Waals surface area contributed by atoms with E-state index in [0.717, 1.165) is 23.8 Å². The highest BCUT2D eigenvalue weighted by molar-refractivity contribution is 5.79. The first-order chi connectivity index (χ1) is 13.2. The van der Waals surface area contributed by atoms with E-state index < -0.39 is 0 Å². The molecule has 7 heteroatoms. The van der Waals surface area contributed by atoms with E-state index in [1.165, 1.54) is 11.6 Å². The van der Waals surface area contributed by atoms with Crippen molar-refractivity contribution in [2.24, 2.45) is 12.0 Å². The molecule has 2 rings (SSSR count). The van der Waals surface area contributed by atoms with E-state index in [4.69, 9.17) is 0 Å². The number of benzene rings is 1. The number of halogens is 1. The Kier molecular flexibility index (Phi) is 7.57. The number of aryl methyl sites for hydroxylation is 1. The molecule has 0 amide bonds. The first-order valence-electron chi connectivity index (χ1n) is 9.57. The van der Waals surface area contributed by atoms with Gasteiger partial charge in [0.1, 0.15) is 5.82 Å². The van der Waals surface area contributed by atoms with Crippen LogP contribution in [0, 0.1) is 5.82 Å². The molecule has 1 heterocycles. The Labute approximate surface area is 168 Å². The van der Waals surface area contributed by atoms with Crippen LogP contribution in [0.15, 0.2) is 29.4 Å². The summed E-state index contributed by atoms with van der Waals surface area (Å²) in [6.45, 7) is 6.18. The zero-order chi connectivity index (χ0) is 20.8. The maximum absolute atomic E-state index is 14.0. The van der Waals surface area contributed by atoms with Crippen molar-refractivity contribution in [2.45, 2.75) is 39.4 Å². The van der Waals surface area contributed by atoms with E-state index in [2.05, 4.69) is 40.4 Å². The van der Waals surface area contributed by atoms with Crippen molar-refractivity contribution >= 4 is 5.96 Å². The van der Waals surface area contributed by atoms with Crippen molar-refractivity contribution in [2.75, 3.05) is 28.2 Å². The summed E-state index contributed by atoms with van der Waals surface area (Å²) in [6, 6.07) is 5.26. The van der Waals surface area contributed by atoms with Gasteiger partial charge >= 0.3 is 0 Å². The van der Waals surface area contributed by atoms with E-state index in [1.807, 2.05) is 49.9 Å². The third-order valence-corrected chi connectivity index (χ3v) is 4.51. The molecule has 0 radical (unpaired) electrons. The molecule has 2 aromatic rings. The molecule has 0 unspecified atom stereocenters. The van der Waals surface area contributed by atoms with Crippen molar-refractivity contribution in [3.8, 4) is 0 Å². The summed E-state index contributed by atoms with van der Waals surface area (Å²) in [7, 11) is 9.60. The van der Waals surface area contributed by atoms with Crippen LogP contribution in [0.5, 0.6) is 0 Å². The smallest absolute Gasteiger partial charge is 0.193 e. The molecule has 0 saturated carbocycles. The van der Waals surface area contributed by atoms with Crippen LogP contribution in [-0.2, 0) is 26.7 Å². The van der Waals surface area contributed by atoms with E-state index in [0.29, 0.717) is 24.6 Å². The van der Waals surface area contributed by atoms with Gasteiger partial charge in [-0.25, -0.2) is 4.39 Å². The highest BCUT2D eigenvalue weighted by Crippen LogP contribution is 2.18. The summed E-state index contributed by atoms with van der Waals surface area (Å²) in [5.41, 5.74) is 4.02. The first kappa shape index (κ1) is 21.9. The maximum atomic E-state index is 14.0. The predicted molar refractivity (Wildman–Crippen MR) is 113 cm³/mol. The Morgan fingerprint density at radius 1 is 1.21 bits per heavy atom. The molecule has 1 aromatic carbocycles. The summed E-state index contributed by atoms with van der Waals surface area (Å²) in [5.74, 6) is 0.989. The lowest BCUT2D eigenvalue weighted by molar-refractivity contribution is 0.392. The number of guanidine groups is 1. The lowest BCUT2D eigenvalue weighted by Gasteiger charge is -2.22. The molecule has 0 spiro atoms. The molecule has 0 atom stereocenters. The van der Waals surface area contributed by atoms with Crippen molar-refractivity contribution < 1.29 is 4.39 Å². The van der Waals surface area contributed by atoms with Crippen LogP contribution in [0.1, 0.15) is 42.1 Å². The quantitative estimate of drug-likeness (QED) is 0.585. The molecular weight excluding hydrogens is 355 g/mol. The van der Waals surface area contributed by atoms with Gasteiger partial charge in [-0.2, -0.15) is 5.10 Å². The largest absolute Gasteiger partial charge is 0.352 e. The second-order valence-corrected chi connectivity index (χ2v) is 7.79. The van der Waals surface area contributed by atoms with Crippen LogP contribution in [0.25, 0.3) is 0 Å². The van der Waals surface area contributed by atoms with Crippen molar-refractivity contribution in [1.29, 1.82) is 0 Å². The van der Waals surface area contributed by atoms with Gasteiger partial charge in [-0.05, 0) is 37.7 Å². The summed E-state index contributed by atoms with van der Waals surface area (Å²) in [6.07, 6.45) is 2.06. The zero-order valence-electron chi connectivity index (χ0n) is 18.1. The zero-order valence-corrected chi connectivity index (χ0v) is 18.1. The van der Waals surface area contributed by atoms with Crippen LogP contribution in [0.4, 0.5) is 4.39 Å². The number of nitrogens with zero attached hydrogens (tertiary/aromatic N) is 5. The van der Waals surface area contributed by atoms with E-state index >= 15 is 0 Å². The molecule has 0 aliphatic carbocycles. The highest BCUT2D eigenvalue weighted by Gasteiger charge is 2.15. The number of aromatic nitrogens is 2. The minimum absolute atomic E-state index is 0.170. The predicted octanol–water partition coefficient (Wildman–Crippen LogP) is 2.95. The molecule has 0 fully saturated rings. The van der Waals surface area contributed by atoms with Crippen LogP contribution < -0.4 is 5.32 Å². The third kappa shape index (κ3) is 5.79. The maximum Gasteiger partial charge on any atom is 0.193 e. The summed E-state index contributed by atoms with van der Waals surface area (Å²) < 4.78 is 15.8. The van der Waals surface area contributed by atoms with Crippen LogP contribution in [-0.4, -0.2) is 53.7 Å². The number of rotatable bonds is 7. The fraction of sp³-hybridized carbons (Fsp3) is 0.524. The first-order valence-corrected chi connectivity index (χ1v) is 9.57. The Morgan fingerprint density at radius 3 is 2.54 bits per heavy atom. The molecule has 0 aliphatic rings. The number of nitrogens with one attached hydrogen (secondary N) is 1. The SMILES string of the molecule is CN=C(NCc1ccc(F)c(CN(C)C)c1)N(C)Cc1cn(C)nc1C(C)C. The average Bonchev–Trinajstić information content (AvgIpc) is 2.98. The van der Waals surface area contributed by atoms with Crippen molar-refractivity contribution in [3.63, 3.8) is 0 Å². The standard InChI is InChI=1S/C21H33FN6/c1-15(2)20-18(14-28(7)25-20)13-27(6)21(23-3)24-11-16-8-9-19(22)17(10-16)12-26(4)5/h8-10,14-15H,11-13H2,1-7H3,(H,23,24). The van der Waals surface area contributed by atoms with Gasteiger partial charge in [0, 0.05) is 58.1 Å². The molecular formula is C21H33FN6. The molecule has 1 N–H and O–H groups in total. The molecule has 154 valence electrons. The van der Waals surface area contributed by atoms with Gasteiger partial charge in [-0.15, -0.1) is 0 Å². The van der Waals surface area contributed by atoms with E-state index in [9.17, 15) is 4.39 Å². The van der Waals surface area contributed by atoms with Gasteiger partial charge in [-0.1, -0.05) is 19.9 Å². The number of hydrogen-bond donors (Lipinski definition) is 1. The van der Waals surface area contributed by atoms with Gasteiger partial charge in [0.15, 0.2) is 5.96 Å². The lowest BCUT2D eigenvalue weighted by Crippen LogP contribution is -2.38. The fourth-order valence-corrected chi connectivity index (χ4v) is 3.26. The summed E-state index contributed by atoms with van der Waals surface area (Å²) in [5, 5.41) is 7.95. The topological polar surface area (TPSA) is 48.7 Å². The monoisotopic (exact) mass is 388 g/mol. The molecule has 1 aromatic heterocycles. The molecule has 28 heavy (non-hydrogen) atoms. The summed E-state index contributed by atoms with van der Waals surface area (Å²) in [4.78, 5) is 8.43. The van der Waals surface area contributed by atoms with Gasteiger partial charge < -0.3 is 15.1 Å². The van der Waals surface area contributed by atoms with E-state index in [-0.39, 0.29) is 5.82 Å². The van der Waals surface area contributed by atoms with Crippen LogP contribution in [0.3, 0.4) is 0 Å². The second kappa shape index (κ2) is 9.68. The Bertz CT molecular complexity index is 809. The highest BCUT2D eigenvalue weighted by atomic mass is 19.1. The van der Waals surface area contributed by atoms with Crippen molar-refractivity contribution in [3.05, 3.63) is 52.6 Å². The van der Waals surface area contributed by atoms with Gasteiger partial charge in [-0.3, -0.25) is 9.67 Å². The number of aliphatic imine (C=N–C) groups is 1. The minimum atomic E-state index is -0.170. The number of hydrogen-bond acceptors (Lipinski definition) is 3. The van der Waals surface area contributed by atoms with Crippen molar-refractivity contribution in [1.82, 2.24) is 24.9 Å². The summed E-state index contributed by atoms with van der Waals surface area (Å²) >= 11 is 0. The molecule has 0 saturated heterocycles. The molecule has 0 bridgehead atoms. The lowest BCUT2D eigenvalue weighted by atomic mass is 10.1. The Morgan fingerprint density at radius 2 is 1.93 bits per heavy atom. The third-order valence-electron chi connectivity index (χ3n) is 4.51. The van der Waals surface area contributed by atoms with Gasteiger partial charge in [0.25, 0.3) is 0 Å². The molecule has 6 nitrogen and oxygen atoms in total. The van der Waals surface area contributed by atoms with Gasteiger partial charge in [0.2, 0.25) is 0 Å². The van der Waals surface area contributed by atoms with Crippen LogP contribution in [0.2, 0.25) is 0 Å². The minimum Gasteiger partial charge on any atom is -0.352 e. The normalized spacial score (nSPS) is 12.1. The van der Waals surface area contributed by atoms with Crippen LogP contribution >= 0.6 is 0 Å². The van der Waals surface area contributed by atoms with E-state index in [1.54, 1.807) is 7.05 Å². The molecule has 0 aliphatic heterocycles. The average molecular weight is 389 g/mol. The van der Waals surface area contributed by atoms with Gasteiger partial charge in [0.05, 0.1) is 5.69 Å².